The average molecular weight is 179 g/mol. The summed E-state index contributed by atoms with van der Waals surface area (Å²) in [5.74, 6) is -0.601. The Bertz CT molecular complexity index is 317. The number of carbonyl (C=O) groups is 2. The summed E-state index contributed by atoms with van der Waals surface area (Å²) in [5.41, 5.74) is 0.940. The van der Waals surface area contributed by atoms with Gasteiger partial charge in [0.05, 0.1) is 11.1 Å². The third-order valence-corrected chi connectivity index (χ3v) is 1.64. The minimum atomic E-state index is -0.300. The standard InChI is InChI=1S/C8H5NO2.C2H6.H2/c10-7-5-3-1-2-4-6(5)8(11)9-7;1-2;/h1-4H,(H,9,10,11);1-2H3;1H. The molecule has 0 bridgehead atoms. The molecule has 2 rings (SSSR count). The van der Waals surface area contributed by atoms with Crippen LogP contribution in [0.25, 0.3) is 0 Å². The highest BCUT2D eigenvalue weighted by molar-refractivity contribution is 6.21. The van der Waals surface area contributed by atoms with Gasteiger partial charge in [-0.1, -0.05) is 26.0 Å². The molecule has 1 heterocycles. The molecular formula is C10H13NO2. The highest BCUT2D eigenvalue weighted by Crippen LogP contribution is 2.13. The minimum absolute atomic E-state index is 0. The van der Waals surface area contributed by atoms with Crippen molar-refractivity contribution in [2.24, 2.45) is 0 Å². The zero-order valence-corrected chi connectivity index (χ0v) is 7.63. The van der Waals surface area contributed by atoms with E-state index in [2.05, 4.69) is 5.32 Å². The summed E-state index contributed by atoms with van der Waals surface area (Å²) in [4.78, 5) is 21.9. The van der Waals surface area contributed by atoms with Crippen LogP contribution in [0.5, 0.6) is 0 Å². The Labute approximate surface area is 78.2 Å². The fraction of sp³-hybridized carbons (Fsp3) is 0.200. The number of nitrogens with one attached hydrogen (secondary N) is 1. The lowest BCUT2D eigenvalue weighted by Gasteiger charge is -1.88. The van der Waals surface area contributed by atoms with Crippen molar-refractivity contribution in [2.75, 3.05) is 0 Å². The summed E-state index contributed by atoms with van der Waals surface area (Å²) in [6.45, 7) is 4.00. The van der Waals surface area contributed by atoms with E-state index in [1.54, 1.807) is 24.3 Å². The molecule has 0 atom stereocenters. The molecule has 0 saturated heterocycles. The van der Waals surface area contributed by atoms with Crippen LogP contribution < -0.4 is 5.32 Å². The molecule has 13 heavy (non-hydrogen) atoms. The van der Waals surface area contributed by atoms with E-state index in [-0.39, 0.29) is 13.2 Å². The van der Waals surface area contributed by atoms with Crippen LogP contribution in [0.3, 0.4) is 0 Å². The fourth-order valence-electron chi connectivity index (χ4n) is 1.12. The third-order valence-electron chi connectivity index (χ3n) is 1.64. The number of hydrogen-bond donors (Lipinski definition) is 1. The largest absolute Gasteiger partial charge is 0.288 e. The molecule has 0 fully saturated rings. The van der Waals surface area contributed by atoms with E-state index in [0.29, 0.717) is 11.1 Å². The normalized spacial score (nSPS) is 12.8. The first kappa shape index (κ1) is 9.45. The van der Waals surface area contributed by atoms with E-state index in [0.717, 1.165) is 0 Å². The molecule has 1 N–H and O–H groups in total. The van der Waals surface area contributed by atoms with Gasteiger partial charge >= 0.3 is 0 Å². The SMILES string of the molecule is CC.O=C1NC(=O)c2ccccc21.[HH]. The average Bonchev–Trinajstić information content (AvgIpc) is 2.47. The van der Waals surface area contributed by atoms with Gasteiger partial charge < -0.3 is 0 Å². The number of carbonyl (C=O) groups excluding carboxylic acids is 2. The van der Waals surface area contributed by atoms with Gasteiger partial charge in [-0.15, -0.1) is 0 Å². The Hall–Kier alpha value is -1.64. The molecule has 0 aromatic heterocycles. The van der Waals surface area contributed by atoms with Gasteiger partial charge in [0.2, 0.25) is 0 Å². The summed E-state index contributed by atoms with van der Waals surface area (Å²) in [6.07, 6.45) is 0. The van der Waals surface area contributed by atoms with Gasteiger partial charge in [-0.2, -0.15) is 0 Å². The lowest BCUT2D eigenvalue weighted by molar-refractivity contribution is 0.0879. The fourth-order valence-corrected chi connectivity index (χ4v) is 1.12. The molecule has 0 aliphatic carbocycles. The predicted octanol–water partition coefficient (Wildman–Crippen LogP) is 1.84. The first-order chi connectivity index (χ1) is 6.29. The first-order valence-corrected chi connectivity index (χ1v) is 4.24. The number of amides is 2. The van der Waals surface area contributed by atoms with Gasteiger partial charge in [0, 0.05) is 1.43 Å². The maximum Gasteiger partial charge on any atom is 0.258 e. The van der Waals surface area contributed by atoms with Gasteiger partial charge in [-0.3, -0.25) is 14.9 Å². The van der Waals surface area contributed by atoms with Crippen LogP contribution >= 0.6 is 0 Å². The third kappa shape index (κ3) is 1.59. The van der Waals surface area contributed by atoms with E-state index >= 15 is 0 Å². The Balaban J connectivity index is 0.000000531. The molecule has 1 aromatic rings. The molecule has 0 spiro atoms. The molecular weight excluding hydrogens is 166 g/mol. The summed E-state index contributed by atoms with van der Waals surface area (Å²) < 4.78 is 0. The molecule has 0 radical (unpaired) electrons. The second-order valence-electron chi connectivity index (χ2n) is 2.33. The van der Waals surface area contributed by atoms with Crippen molar-refractivity contribution in [1.29, 1.82) is 0 Å². The van der Waals surface area contributed by atoms with Gasteiger partial charge in [0.25, 0.3) is 11.8 Å². The Kier molecular flexibility index (Phi) is 2.80. The van der Waals surface area contributed by atoms with Crippen LogP contribution in [0.1, 0.15) is 36.0 Å². The Morgan fingerprint density at radius 3 is 1.77 bits per heavy atom. The van der Waals surface area contributed by atoms with Crippen molar-refractivity contribution in [3.05, 3.63) is 35.4 Å². The summed E-state index contributed by atoms with van der Waals surface area (Å²) in [6, 6.07) is 6.74. The molecule has 0 unspecified atom stereocenters. The number of imide groups is 1. The zero-order valence-electron chi connectivity index (χ0n) is 7.63. The smallest absolute Gasteiger partial charge is 0.258 e. The van der Waals surface area contributed by atoms with Crippen LogP contribution in [0.2, 0.25) is 0 Å². The number of hydrogen-bond acceptors (Lipinski definition) is 2. The molecule has 1 aliphatic rings. The van der Waals surface area contributed by atoms with Gasteiger partial charge in [0.1, 0.15) is 0 Å². The van der Waals surface area contributed by atoms with Crippen molar-refractivity contribution < 1.29 is 11.0 Å². The first-order valence-electron chi connectivity index (χ1n) is 4.24. The number of rotatable bonds is 0. The quantitative estimate of drug-likeness (QED) is 0.618. The number of benzene rings is 1. The van der Waals surface area contributed by atoms with Crippen LogP contribution in [0.15, 0.2) is 24.3 Å². The molecule has 2 amide bonds. The van der Waals surface area contributed by atoms with E-state index in [4.69, 9.17) is 0 Å². The maximum absolute atomic E-state index is 10.9. The van der Waals surface area contributed by atoms with Gasteiger partial charge in [-0.05, 0) is 12.1 Å². The van der Waals surface area contributed by atoms with Crippen molar-refractivity contribution in [3.8, 4) is 0 Å². The summed E-state index contributed by atoms with van der Waals surface area (Å²) in [5, 5.41) is 2.20. The van der Waals surface area contributed by atoms with E-state index in [9.17, 15) is 9.59 Å². The van der Waals surface area contributed by atoms with Crippen LogP contribution in [0, 0.1) is 0 Å². The lowest BCUT2D eigenvalue weighted by atomic mass is 10.1. The van der Waals surface area contributed by atoms with E-state index in [1.807, 2.05) is 13.8 Å². The molecule has 1 aliphatic heterocycles. The molecule has 3 heteroatoms. The summed E-state index contributed by atoms with van der Waals surface area (Å²) in [7, 11) is 0. The molecule has 1 aromatic carbocycles. The van der Waals surface area contributed by atoms with Crippen molar-refractivity contribution in [2.45, 2.75) is 13.8 Å². The topological polar surface area (TPSA) is 46.2 Å². The second-order valence-corrected chi connectivity index (χ2v) is 2.33. The highest BCUT2D eigenvalue weighted by Gasteiger charge is 2.25. The second kappa shape index (κ2) is 3.85. The van der Waals surface area contributed by atoms with E-state index < -0.39 is 0 Å². The van der Waals surface area contributed by atoms with E-state index in [1.165, 1.54) is 0 Å². The summed E-state index contributed by atoms with van der Waals surface area (Å²) >= 11 is 0. The highest BCUT2D eigenvalue weighted by atomic mass is 16.2. The minimum Gasteiger partial charge on any atom is -0.288 e. The molecule has 0 saturated carbocycles. The Morgan fingerprint density at radius 1 is 1.00 bits per heavy atom. The molecule has 70 valence electrons. The van der Waals surface area contributed by atoms with Crippen LogP contribution in [0.4, 0.5) is 0 Å². The maximum atomic E-state index is 10.9. The Morgan fingerprint density at radius 2 is 1.38 bits per heavy atom. The lowest BCUT2D eigenvalue weighted by Crippen LogP contribution is -2.19. The van der Waals surface area contributed by atoms with Gasteiger partial charge in [0.15, 0.2) is 0 Å². The van der Waals surface area contributed by atoms with Crippen LogP contribution in [-0.4, -0.2) is 11.8 Å². The predicted molar refractivity (Wildman–Crippen MR) is 51.7 cm³/mol. The zero-order chi connectivity index (χ0) is 9.84. The van der Waals surface area contributed by atoms with Gasteiger partial charge in [-0.25, -0.2) is 0 Å². The van der Waals surface area contributed by atoms with Crippen molar-refractivity contribution in [1.82, 2.24) is 5.32 Å². The monoisotopic (exact) mass is 179 g/mol. The number of fused-ring (bicyclic) bond motifs is 1. The van der Waals surface area contributed by atoms with Crippen molar-refractivity contribution >= 4 is 11.8 Å². The van der Waals surface area contributed by atoms with Crippen LogP contribution in [-0.2, 0) is 0 Å². The van der Waals surface area contributed by atoms with Crippen molar-refractivity contribution in [3.63, 3.8) is 0 Å². The molecule has 3 nitrogen and oxygen atoms in total.